The average molecular weight is 465 g/mol. The summed E-state index contributed by atoms with van der Waals surface area (Å²) < 4.78 is 32.1. The number of rotatable bonds is 6. The summed E-state index contributed by atoms with van der Waals surface area (Å²) in [6.45, 7) is 5.67. The molecule has 1 aliphatic rings. The van der Waals surface area contributed by atoms with Crippen LogP contribution in [0.2, 0.25) is 0 Å². The van der Waals surface area contributed by atoms with Gasteiger partial charge in [-0.25, -0.2) is 23.4 Å². The third-order valence-electron chi connectivity index (χ3n) is 6.65. The van der Waals surface area contributed by atoms with Gasteiger partial charge in [-0.1, -0.05) is 29.8 Å². The fourth-order valence-corrected chi connectivity index (χ4v) is 4.69. The number of fused-ring (bicyclic) bond motifs is 1. The quantitative estimate of drug-likeness (QED) is 0.473. The Hall–Kier alpha value is -3.43. The van der Waals surface area contributed by atoms with E-state index in [1.807, 2.05) is 38.2 Å². The lowest BCUT2D eigenvalue weighted by Gasteiger charge is -2.42. The molecule has 1 aliphatic heterocycles. The molecule has 5 rings (SSSR count). The summed E-state index contributed by atoms with van der Waals surface area (Å²) in [6, 6.07) is 10.9. The molecule has 2 atom stereocenters. The predicted molar refractivity (Wildman–Crippen MR) is 123 cm³/mol. The van der Waals surface area contributed by atoms with E-state index in [9.17, 15) is 13.9 Å². The van der Waals surface area contributed by atoms with E-state index < -0.39 is 23.3 Å². The van der Waals surface area contributed by atoms with Gasteiger partial charge >= 0.3 is 0 Å². The van der Waals surface area contributed by atoms with E-state index in [4.69, 9.17) is 4.98 Å². The van der Waals surface area contributed by atoms with Gasteiger partial charge in [0.1, 0.15) is 35.7 Å². The zero-order chi connectivity index (χ0) is 23.9. The summed E-state index contributed by atoms with van der Waals surface area (Å²) in [6.07, 6.45) is 4.88. The third kappa shape index (κ3) is 4.12. The van der Waals surface area contributed by atoms with Gasteiger partial charge in [-0.2, -0.15) is 5.10 Å². The number of hydrogen-bond acceptors (Lipinski definition) is 5. The van der Waals surface area contributed by atoms with Crippen LogP contribution in [0.4, 0.5) is 8.78 Å². The highest BCUT2D eigenvalue weighted by Gasteiger charge is 2.43. The van der Waals surface area contributed by atoms with Crippen LogP contribution in [0.5, 0.6) is 0 Å². The van der Waals surface area contributed by atoms with E-state index >= 15 is 0 Å². The van der Waals surface area contributed by atoms with Crippen LogP contribution in [0.3, 0.4) is 0 Å². The van der Waals surface area contributed by atoms with Gasteiger partial charge in [-0.05, 0) is 26.0 Å². The number of aromatic nitrogens is 5. The van der Waals surface area contributed by atoms with E-state index in [0.717, 1.165) is 29.2 Å². The zero-order valence-corrected chi connectivity index (χ0v) is 19.1. The van der Waals surface area contributed by atoms with Crippen LogP contribution in [0, 0.1) is 18.6 Å². The van der Waals surface area contributed by atoms with Crippen LogP contribution in [0.15, 0.2) is 61.3 Å². The molecule has 7 nitrogen and oxygen atoms in total. The third-order valence-corrected chi connectivity index (χ3v) is 6.65. The minimum absolute atomic E-state index is 0.0197. The highest BCUT2D eigenvalue weighted by Crippen LogP contribution is 2.34. The van der Waals surface area contributed by atoms with Crippen molar-refractivity contribution in [1.29, 1.82) is 0 Å². The van der Waals surface area contributed by atoms with Gasteiger partial charge in [-0.15, -0.1) is 0 Å². The summed E-state index contributed by atoms with van der Waals surface area (Å²) in [7, 11) is 0. The maximum atomic E-state index is 14.9. The van der Waals surface area contributed by atoms with Crippen molar-refractivity contribution in [2.24, 2.45) is 0 Å². The molecule has 34 heavy (non-hydrogen) atoms. The van der Waals surface area contributed by atoms with Crippen molar-refractivity contribution < 1.29 is 13.9 Å². The molecule has 4 aromatic rings. The molecule has 2 aromatic heterocycles. The van der Waals surface area contributed by atoms with E-state index in [1.165, 1.54) is 29.0 Å². The fraction of sp³-hybridized carbons (Fsp3) is 0.320. The second-order valence-corrected chi connectivity index (χ2v) is 8.89. The molecule has 0 radical (unpaired) electrons. The first-order valence-corrected chi connectivity index (χ1v) is 11.2. The summed E-state index contributed by atoms with van der Waals surface area (Å²) in [5.41, 5.74) is 1.46. The Morgan fingerprint density at radius 3 is 2.74 bits per heavy atom. The van der Waals surface area contributed by atoms with E-state index in [0.29, 0.717) is 19.6 Å². The molecular weight excluding hydrogens is 438 g/mol. The van der Waals surface area contributed by atoms with Gasteiger partial charge in [0.05, 0.1) is 18.8 Å². The lowest BCUT2D eigenvalue weighted by atomic mass is 9.85. The van der Waals surface area contributed by atoms with Gasteiger partial charge in [0.2, 0.25) is 0 Å². The maximum Gasteiger partial charge on any atom is 0.137 e. The molecule has 0 amide bonds. The molecule has 0 spiro atoms. The van der Waals surface area contributed by atoms with Crippen LogP contribution < -0.4 is 0 Å². The number of imidazole rings is 1. The highest BCUT2D eigenvalue weighted by atomic mass is 19.1. The van der Waals surface area contributed by atoms with Crippen molar-refractivity contribution in [1.82, 2.24) is 29.2 Å². The first-order chi connectivity index (χ1) is 16.3. The van der Waals surface area contributed by atoms with Gasteiger partial charge < -0.3 is 9.67 Å². The molecule has 1 N–H and O–H groups in total. The van der Waals surface area contributed by atoms with Gasteiger partial charge in [0.25, 0.3) is 0 Å². The minimum Gasteiger partial charge on any atom is -0.381 e. The smallest absolute Gasteiger partial charge is 0.137 e. The lowest BCUT2D eigenvalue weighted by Crippen LogP contribution is -2.53. The molecule has 0 saturated heterocycles. The van der Waals surface area contributed by atoms with Crippen molar-refractivity contribution in [2.75, 3.05) is 6.54 Å². The SMILES string of the molecule is Cc1cccc(-c2cn3c(n2)CN([C@H](C)[C@](O)(Cn2cncn2)c2ccc(F)cc2F)CC3)c1. The Balaban J connectivity index is 1.46. The minimum atomic E-state index is -1.68. The van der Waals surface area contributed by atoms with E-state index in [-0.39, 0.29) is 12.1 Å². The summed E-state index contributed by atoms with van der Waals surface area (Å²) >= 11 is 0. The topological polar surface area (TPSA) is 72.0 Å². The van der Waals surface area contributed by atoms with Crippen LogP contribution in [0.1, 0.15) is 23.9 Å². The normalized spacial score (nSPS) is 16.7. The second kappa shape index (κ2) is 8.73. The van der Waals surface area contributed by atoms with Crippen molar-refractivity contribution in [2.45, 2.75) is 45.1 Å². The van der Waals surface area contributed by atoms with Crippen LogP contribution in [0.25, 0.3) is 11.3 Å². The Bertz CT molecular complexity index is 1300. The largest absolute Gasteiger partial charge is 0.381 e. The number of halogens is 2. The van der Waals surface area contributed by atoms with Crippen molar-refractivity contribution >= 4 is 0 Å². The fourth-order valence-electron chi connectivity index (χ4n) is 4.69. The molecule has 3 heterocycles. The van der Waals surface area contributed by atoms with Crippen LogP contribution in [-0.2, 0) is 25.2 Å². The van der Waals surface area contributed by atoms with Crippen molar-refractivity contribution in [3.8, 4) is 11.3 Å². The molecule has 0 unspecified atom stereocenters. The Morgan fingerprint density at radius 2 is 2.00 bits per heavy atom. The van der Waals surface area contributed by atoms with E-state index in [2.05, 4.69) is 25.6 Å². The van der Waals surface area contributed by atoms with Crippen molar-refractivity contribution in [3.05, 3.63) is 89.9 Å². The second-order valence-electron chi connectivity index (χ2n) is 8.89. The maximum absolute atomic E-state index is 14.9. The molecule has 9 heteroatoms. The van der Waals surface area contributed by atoms with Crippen molar-refractivity contribution in [3.63, 3.8) is 0 Å². The number of hydrogen-bond donors (Lipinski definition) is 1. The highest BCUT2D eigenvalue weighted by molar-refractivity contribution is 5.59. The predicted octanol–water partition coefficient (Wildman–Crippen LogP) is 3.52. The number of nitrogens with zero attached hydrogens (tertiary/aromatic N) is 6. The lowest BCUT2D eigenvalue weighted by molar-refractivity contribution is -0.0709. The summed E-state index contributed by atoms with van der Waals surface area (Å²) in [5.74, 6) is -0.618. The molecule has 176 valence electrons. The molecule has 0 saturated carbocycles. The van der Waals surface area contributed by atoms with Gasteiger partial charge in [0.15, 0.2) is 0 Å². The Labute approximate surface area is 196 Å². The van der Waals surface area contributed by atoms with Crippen LogP contribution >= 0.6 is 0 Å². The Morgan fingerprint density at radius 1 is 1.15 bits per heavy atom. The summed E-state index contributed by atoms with van der Waals surface area (Å²) in [5, 5.41) is 16.0. The molecule has 0 fully saturated rings. The summed E-state index contributed by atoms with van der Waals surface area (Å²) in [4.78, 5) is 10.9. The number of aliphatic hydroxyl groups is 1. The first kappa shape index (κ1) is 22.4. The van der Waals surface area contributed by atoms with Gasteiger partial charge in [-0.3, -0.25) is 4.90 Å². The molecule has 0 bridgehead atoms. The average Bonchev–Trinajstić information content (AvgIpc) is 3.47. The monoisotopic (exact) mass is 464 g/mol. The molecule has 0 aliphatic carbocycles. The zero-order valence-electron chi connectivity index (χ0n) is 19.1. The molecular formula is C25H26F2N6O. The van der Waals surface area contributed by atoms with Crippen LogP contribution in [-0.4, -0.2) is 46.9 Å². The number of benzene rings is 2. The first-order valence-electron chi connectivity index (χ1n) is 11.2. The molecule has 2 aromatic carbocycles. The standard InChI is InChI=1S/C25H26F2N6O/c1-17-4-3-5-19(10-17)23-12-32-9-8-31(13-24(32)30-23)18(2)25(34,14-33-16-28-15-29-33)21-7-6-20(26)11-22(21)27/h3-7,10-12,15-16,18,34H,8-9,13-14H2,1-2H3/t18-,25-/m1/s1. The Kier molecular flexibility index (Phi) is 5.75. The van der Waals surface area contributed by atoms with Gasteiger partial charge in [0, 0.05) is 42.5 Å². The van der Waals surface area contributed by atoms with E-state index in [1.54, 1.807) is 0 Å². The number of aryl methyl sites for hydroxylation is 1.